The number of carbonyl (C=O) groups is 2. The van der Waals surface area contributed by atoms with Crippen LogP contribution in [0.25, 0.3) is 0 Å². The molecule has 0 radical (unpaired) electrons. The van der Waals surface area contributed by atoms with Gasteiger partial charge < -0.3 is 10.6 Å². The minimum Gasteiger partial charge on any atom is -0.351 e. The Labute approximate surface area is 166 Å². The summed E-state index contributed by atoms with van der Waals surface area (Å²) in [5.74, 6) is -0.696. The van der Waals surface area contributed by atoms with Gasteiger partial charge in [0, 0.05) is 16.2 Å². The summed E-state index contributed by atoms with van der Waals surface area (Å²) in [6.07, 6.45) is 0.598. The number of thioether (sulfide) groups is 1. The molecule has 6 nitrogen and oxygen atoms in total. The van der Waals surface area contributed by atoms with Gasteiger partial charge in [-0.1, -0.05) is 13.0 Å². The van der Waals surface area contributed by atoms with Crippen LogP contribution in [0.15, 0.2) is 45.5 Å². The van der Waals surface area contributed by atoms with Gasteiger partial charge in [0.05, 0.1) is 28.1 Å². The maximum absolute atomic E-state index is 12.6. The standard InChI is InChI=1S/C18H20N2O4S3/c1-2-15-18(22)20-14-10-13(5-6-16(14)26-15)27(23,24)9-7-17(21)19-11-12-4-3-8-25-12/h3-6,8,10,15H,2,7,9,11H2,1H3,(H,19,21)(H,20,22)/t15-/m0/s1. The minimum absolute atomic E-state index is 0.107. The number of fused-ring (bicyclic) bond motifs is 1. The molecule has 0 spiro atoms. The van der Waals surface area contributed by atoms with Gasteiger partial charge in [-0.3, -0.25) is 9.59 Å². The highest BCUT2D eigenvalue weighted by Crippen LogP contribution is 2.38. The molecule has 1 aromatic heterocycles. The molecule has 0 fully saturated rings. The second kappa shape index (κ2) is 8.45. The Kier molecular flexibility index (Phi) is 6.23. The van der Waals surface area contributed by atoms with Crippen LogP contribution in [0.1, 0.15) is 24.6 Å². The molecule has 1 aliphatic rings. The molecule has 3 rings (SSSR count). The largest absolute Gasteiger partial charge is 0.351 e. The quantitative estimate of drug-likeness (QED) is 0.713. The number of hydrogen-bond donors (Lipinski definition) is 2. The third-order valence-electron chi connectivity index (χ3n) is 4.14. The molecule has 0 saturated heterocycles. The molecule has 0 unspecified atom stereocenters. The zero-order valence-corrected chi connectivity index (χ0v) is 17.2. The van der Waals surface area contributed by atoms with E-state index in [4.69, 9.17) is 0 Å². The van der Waals surface area contributed by atoms with Crippen LogP contribution in [0.3, 0.4) is 0 Å². The van der Waals surface area contributed by atoms with Crippen LogP contribution < -0.4 is 10.6 Å². The lowest BCUT2D eigenvalue weighted by atomic mass is 10.2. The van der Waals surface area contributed by atoms with Crippen LogP contribution in [0.2, 0.25) is 0 Å². The summed E-state index contributed by atoms with van der Waals surface area (Å²) in [6, 6.07) is 8.53. The van der Waals surface area contributed by atoms with Crippen LogP contribution in [0.5, 0.6) is 0 Å². The van der Waals surface area contributed by atoms with Crippen LogP contribution in [-0.2, 0) is 26.0 Å². The van der Waals surface area contributed by atoms with E-state index in [9.17, 15) is 18.0 Å². The number of amides is 2. The van der Waals surface area contributed by atoms with Gasteiger partial charge in [0.15, 0.2) is 9.84 Å². The summed E-state index contributed by atoms with van der Waals surface area (Å²) in [4.78, 5) is 25.9. The highest BCUT2D eigenvalue weighted by molar-refractivity contribution is 8.01. The van der Waals surface area contributed by atoms with Crippen molar-refractivity contribution in [3.8, 4) is 0 Å². The molecule has 0 saturated carbocycles. The molecule has 0 aliphatic carbocycles. The Hall–Kier alpha value is -1.84. The lowest BCUT2D eigenvalue weighted by Gasteiger charge is -2.23. The van der Waals surface area contributed by atoms with Crippen molar-refractivity contribution in [3.63, 3.8) is 0 Å². The summed E-state index contributed by atoms with van der Waals surface area (Å²) >= 11 is 2.97. The Morgan fingerprint density at radius 3 is 2.81 bits per heavy atom. The van der Waals surface area contributed by atoms with Crippen LogP contribution in [0.4, 0.5) is 5.69 Å². The fourth-order valence-corrected chi connectivity index (χ4v) is 5.55. The first-order chi connectivity index (χ1) is 12.9. The van der Waals surface area contributed by atoms with Gasteiger partial charge in [-0.25, -0.2) is 8.42 Å². The Morgan fingerprint density at radius 2 is 2.11 bits per heavy atom. The van der Waals surface area contributed by atoms with E-state index in [0.29, 0.717) is 18.7 Å². The molecule has 1 atom stereocenters. The normalized spacial score (nSPS) is 16.5. The van der Waals surface area contributed by atoms with Gasteiger partial charge in [0.25, 0.3) is 0 Å². The SMILES string of the molecule is CC[C@@H]1Sc2ccc(S(=O)(=O)CCC(=O)NCc3cccs3)cc2NC1=O. The van der Waals surface area contributed by atoms with E-state index < -0.39 is 9.84 Å². The summed E-state index contributed by atoms with van der Waals surface area (Å²) in [5, 5.41) is 7.25. The number of thiophene rings is 1. The maximum atomic E-state index is 12.6. The molecule has 2 amide bonds. The molecular weight excluding hydrogens is 404 g/mol. The first-order valence-corrected chi connectivity index (χ1v) is 11.9. The van der Waals surface area contributed by atoms with Crippen molar-refractivity contribution in [1.82, 2.24) is 5.32 Å². The summed E-state index contributed by atoms with van der Waals surface area (Å²) in [5.41, 5.74) is 0.512. The number of hydrogen-bond acceptors (Lipinski definition) is 6. The van der Waals surface area contributed by atoms with Crippen molar-refractivity contribution in [2.24, 2.45) is 0 Å². The maximum Gasteiger partial charge on any atom is 0.237 e. The van der Waals surface area contributed by atoms with Crippen molar-refractivity contribution in [3.05, 3.63) is 40.6 Å². The van der Waals surface area contributed by atoms with E-state index >= 15 is 0 Å². The van der Waals surface area contributed by atoms with Crippen molar-refractivity contribution in [2.75, 3.05) is 11.1 Å². The highest BCUT2D eigenvalue weighted by atomic mass is 32.2. The molecule has 0 bridgehead atoms. The molecule has 1 aliphatic heterocycles. The van der Waals surface area contributed by atoms with E-state index in [1.165, 1.54) is 35.2 Å². The Morgan fingerprint density at radius 1 is 1.30 bits per heavy atom. The molecule has 1 aromatic carbocycles. The second-order valence-corrected chi connectivity index (χ2v) is 10.5. The second-order valence-electron chi connectivity index (χ2n) is 6.09. The topological polar surface area (TPSA) is 92.3 Å². The number of carbonyl (C=O) groups excluding carboxylic acids is 2. The van der Waals surface area contributed by atoms with Crippen molar-refractivity contribution in [1.29, 1.82) is 0 Å². The first-order valence-electron chi connectivity index (χ1n) is 8.52. The Balaban J connectivity index is 1.62. The van der Waals surface area contributed by atoms with Crippen LogP contribution >= 0.6 is 23.1 Å². The van der Waals surface area contributed by atoms with E-state index in [1.807, 2.05) is 24.4 Å². The van der Waals surface area contributed by atoms with Gasteiger partial charge in [-0.2, -0.15) is 0 Å². The van der Waals surface area contributed by atoms with Crippen molar-refractivity contribution in [2.45, 2.75) is 41.4 Å². The molecule has 2 aromatic rings. The molecular formula is C18H20N2O4S3. The third-order valence-corrected chi connectivity index (χ3v) is 8.17. The predicted octanol–water partition coefficient (Wildman–Crippen LogP) is 3.05. The van der Waals surface area contributed by atoms with E-state index in [1.54, 1.807) is 6.07 Å². The molecule has 2 N–H and O–H groups in total. The third kappa shape index (κ3) is 4.91. The van der Waals surface area contributed by atoms with Crippen LogP contribution in [-0.4, -0.2) is 31.2 Å². The molecule has 2 heterocycles. The van der Waals surface area contributed by atoms with Gasteiger partial charge in [-0.05, 0) is 36.1 Å². The van der Waals surface area contributed by atoms with Crippen molar-refractivity contribution < 1.29 is 18.0 Å². The lowest BCUT2D eigenvalue weighted by molar-refractivity contribution is -0.120. The zero-order chi connectivity index (χ0) is 19.4. The van der Waals surface area contributed by atoms with E-state index in [2.05, 4.69) is 10.6 Å². The van der Waals surface area contributed by atoms with E-state index in [-0.39, 0.29) is 34.1 Å². The average Bonchev–Trinajstić information content (AvgIpc) is 3.17. The van der Waals surface area contributed by atoms with Gasteiger partial charge in [-0.15, -0.1) is 23.1 Å². The monoisotopic (exact) mass is 424 g/mol. The van der Waals surface area contributed by atoms with E-state index in [0.717, 1.165) is 9.77 Å². The number of anilines is 1. The van der Waals surface area contributed by atoms with Gasteiger partial charge in [0.1, 0.15) is 0 Å². The predicted molar refractivity (Wildman–Crippen MR) is 108 cm³/mol. The number of sulfone groups is 1. The fourth-order valence-electron chi connectivity index (χ4n) is 2.62. The molecule has 27 heavy (non-hydrogen) atoms. The molecule has 144 valence electrons. The Bertz CT molecular complexity index is 940. The van der Waals surface area contributed by atoms with Gasteiger partial charge >= 0.3 is 0 Å². The number of benzene rings is 1. The number of nitrogens with one attached hydrogen (secondary N) is 2. The summed E-state index contributed by atoms with van der Waals surface area (Å²) < 4.78 is 25.1. The average molecular weight is 425 g/mol. The summed E-state index contributed by atoms with van der Waals surface area (Å²) in [7, 11) is -3.62. The highest BCUT2D eigenvalue weighted by Gasteiger charge is 2.27. The minimum atomic E-state index is -3.62. The summed E-state index contributed by atoms with van der Waals surface area (Å²) in [6.45, 7) is 2.34. The van der Waals surface area contributed by atoms with Crippen molar-refractivity contribution >= 4 is 50.4 Å². The number of rotatable bonds is 7. The van der Waals surface area contributed by atoms with Crippen LogP contribution in [0, 0.1) is 0 Å². The zero-order valence-electron chi connectivity index (χ0n) is 14.7. The first kappa shape index (κ1) is 19.9. The molecule has 9 heteroatoms. The van der Waals surface area contributed by atoms with Gasteiger partial charge in [0.2, 0.25) is 11.8 Å². The fraction of sp³-hybridized carbons (Fsp3) is 0.333. The lowest BCUT2D eigenvalue weighted by Crippen LogP contribution is -2.28. The smallest absolute Gasteiger partial charge is 0.237 e.